The van der Waals surface area contributed by atoms with E-state index in [1.807, 2.05) is 24.3 Å². The number of anilines is 2. The molecule has 3 aromatic rings. The maximum atomic E-state index is 12.3. The number of pyridine rings is 1. The van der Waals surface area contributed by atoms with Crippen LogP contribution in [0, 0.1) is 0 Å². The largest absolute Gasteiger partial charge is 0.383 e. The molecule has 0 bridgehead atoms. The van der Waals surface area contributed by atoms with Gasteiger partial charge in [-0.25, -0.2) is 4.98 Å². The summed E-state index contributed by atoms with van der Waals surface area (Å²) in [6, 6.07) is 18.7. The number of para-hydroxylation sites is 1. The molecule has 4 nitrogen and oxygen atoms in total. The third kappa shape index (κ3) is 4.75. The highest BCUT2D eigenvalue weighted by atomic mass is 35.5. The van der Waals surface area contributed by atoms with Crippen LogP contribution in [0.15, 0.2) is 66.9 Å². The van der Waals surface area contributed by atoms with Crippen LogP contribution in [0.4, 0.5) is 11.4 Å². The molecule has 0 atom stereocenters. The van der Waals surface area contributed by atoms with Gasteiger partial charge in [-0.2, -0.15) is 0 Å². The van der Waals surface area contributed by atoms with Gasteiger partial charge in [0, 0.05) is 6.54 Å². The van der Waals surface area contributed by atoms with Gasteiger partial charge in [-0.3, -0.25) is 4.79 Å². The fourth-order valence-corrected chi connectivity index (χ4v) is 2.92. The third-order valence-electron chi connectivity index (χ3n) is 3.78. The van der Waals surface area contributed by atoms with Crippen molar-refractivity contribution in [2.24, 2.45) is 0 Å². The first-order valence-electron chi connectivity index (χ1n) is 8.13. The van der Waals surface area contributed by atoms with Crippen LogP contribution in [0.1, 0.15) is 16.1 Å². The Morgan fingerprint density at radius 1 is 0.923 bits per heavy atom. The van der Waals surface area contributed by atoms with Crippen molar-refractivity contribution in [2.45, 2.75) is 6.42 Å². The van der Waals surface area contributed by atoms with Crippen LogP contribution in [0.25, 0.3) is 0 Å². The minimum Gasteiger partial charge on any atom is -0.383 e. The van der Waals surface area contributed by atoms with Crippen molar-refractivity contribution >= 4 is 40.5 Å². The summed E-state index contributed by atoms with van der Waals surface area (Å²) in [6.07, 6.45) is 2.54. The maximum Gasteiger partial charge on any atom is 0.274 e. The second-order valence-corrected chi connectivity index (χ2v) is 6.46. The number of hydrogen-bond acceptors (Lipinski definition) is 3. The average molecular weight is 386 g/mol. The molecule has 0 unspecified atom stereocenters. The van der Waals surface area contributed by atoms with Crippen LogP contribution in [0.3, 0.4) is 0 Å². The minimum absolute atomic E-state index is 0.287. The van der Waals surface area contributed by atoms with Gasteiger partial charge in [0.2, 0.25) is 0 Å². The first-order chi connectivity index (χ1) is 12.6. The number of aromatic nitrogens is 1. The molecule has 132 valence electrons. The number of benzene rings is 2. The number of nitrogens with one attached hydrogen (secondary N) is 2. The molecule has 6 heteroatoms. The van der Waals surface area contributed by atoms with E-state index in [-0.39, 0.29) is 11.6 Å². The molecule has 1 amide bonds. The number of carbonyl (C=O) groups is 1. The molecule has 2 aromatic carbocycles. The lowest BCUT2D eigenvalue weighted by Crippen LogP contribution is -2.14. The topological polar surface area (TPSA) is 54.0 Å². The Hall–Kier alpha value is -2.56. The number of hydrogen-bond donors (Lipinski definition) is 2. The lowest BCUT2D eigenvalue weighted by molar-refractivity contribution is 0.102. The first-order valence-corrected chi connectivity index (χ1v) is 8.88. The summed E-state index contributed by atoms with van der Waals surface area (Å²) in [7, 11) is 0. The highest BCUT2D eigenvalue weighted by Gasteiger charge is 2.12. The SMILES string of the molecule is O=C(Nc1c(Cl)cccc1Cl)c1ccc(NCCc2ccccc2)cn1. The number of nitrogens with zero attached hydrogens (tertiary/aromatic N) is 1. The lowest BCUT2D eigenvalue weighted by atomic mass is 10.1. The van der Waals surface area contributed by atoms with Crippen molar-refractivity contribution in [1.82, 2.24) is 4.98 Å². The Morgan fingerprint density at radius 2 is 1.65 bits per heavy atom. The smallest absolute Gasteiger partial charge is 0.274 e. The van der Waals surface area contributed by atoms with Gasteiger partial charge in [0.25, 0.3) is 5.91 Å². The third-order valence-corrected chi connectivity index (χ3v) is 4.41. The van der Waals surface area contributed by atoms with Crippen LogP contribution in [-0.2, 0) is 6.42 Å². The van der Waals surface area contributed by atoms with Gasteiger partial charge in [0.05, 0.1) is 27.6 Å². The zero-order chi connectivity index (χ0) is 18.4. The van der Waals surface area contributed by atoms with Crippen molar-refractivity contribution in [3.63, 3.8) is 0 Å². The van der Waals surface area contributed by atoms with Crippen LogP contribution >= 0.6 is 23.2 Å². The number of amides is 1. The summed E-state index contributed by atoms with van der Waals surface area (Å²) < 4.78 is 0. The monoisotopic (exact) mass is 385 g/mol. The predicted molar refractivity (Wildman–Crippen MR) is 107 cm³/mol. The highest BCUT2D eigenvalue weighted by molar-refractivity contribution is 6.39. The van der Waals surface area contributed by atoms with Gasteiger partial charge >= 0.3 is 0 Å². The quantitative estimate of drug-likeness (QED) is 0.605. The molecule has 0 aliphatic heterocycles. The van der Waals surface area contributed by atoms with Gasteiger partial charge in [-0.05, 0) is 36.2 Å². The van der Waals surface area contributed by atoms with Crippen LogP contribution in [-0.4, -0.2) is 17.4 Å². The molecule has 26 heavy (non-hydrogen) atoms. The fraction of sp³-hybridized carbons (Fsp3) is 0.100. The Balaban J connectivity index is 1.57. The van der Waals surface area contributed by atoms with Crippen LogP contribution in [0.2, 0.25) is 10.0 Å². The summed E-state index contributed by atoms with van der Waals surface area (Å²) in [5.74, 6) is -0.365. The molecule has 0 spiro atoms. The molecular weight excluding hydrogens is 369 g/mol. The Kier molecular flexibility index (Phi) is 6.10. The summed E-state index contributed by atoms with van der Waals surface area (Å²) in [5.41, 5.74) is 2.79. The second-order valence-electron chi connectivity index (χ2n) is 5.65. The zero-order valence-electron chi connectivity index (χ0n) is 13.9. The van der Waals surface area contributed by atoms with E-state index in [9.17, 15) is 4.79 Å². The van der Waals surface area contributed by atoms with E-state index in [1.165, 1.54) is 5.56 Å². The van der Waals surface area contributed by atoms with Gasteiger partial charge < -0.3 is 10.6 Å². The van der Waals surface area contributed by atoms with Crippen LogP contribution < -0.4 is 10.6 Å². The standard InChI is InChI=1S/C20H17Cl2N3O/c21-16-7-4-8-17(22)19(16)25-20(26)18-10-9-15(13-24-18)23-12-11-14-5-2-1-3-6-14/h1-10,13,23H,11-12H2,(H,25,26). The molecule has 3 rings (SSSR count). The van der Waals surface area contributed by atoms with E-state index in [0.717, 1.165) is 18.7 Å². The second kappa shape index (κ2) is 8.70. The Bertz CT molecular complexity index is 863. The number of halogens is 2. The van der Waals surface area contributed by atoms with Gasteiger partial charge in [-0.15, -0.1) is 0 Å². The molecule has 0 saturated carbocycles. The molecule has 2 N–H and O–H groups in total. The zero-order valence-corrected chi connectivity index (χ0v) is 15.4. The van der Waals surface area contributed by atoms with Crippen molar-refractivity contribution < 1.29 is 4.79 Å². The Morgan fingerprint density at radius 3 is 2.31 bits per heavy atom. The Labute approximate surface area is 162 Å². The summed E-state index contributed by atoms with van der Waals surface area (Å²) in [5, 5.41) is 6.74. The number of carbonyl (C=O) groups excluding carboxylic acids is 1. The highest BCUT2D eigenvalue weighted by Crippen LogP contribution is 2.30. The molecule has 0 aliphatic rings. The van der Waals surface area contributed by atoms with E-state index in [4.69, 9.17) is 23.2 Å². The molecule has 1 aromatic heterocycles. The summed E-state index contributed by atoms with van der Waals surface area (Å²) in [4.78, 5) is 16.5. The predicted octanol–water partition coefficient (Wildman–Crippen LogP) is 5.30. The first kappa shape index (κ1) is 18.2. The van der Waals surface area contributed by atoms with Crippen molar-refractivity contribution in [1.29, 1.82) is 0 Å². The molecule has 1 heterocycles. The van der Waals surface area contributed by atoms with Gasteiger partial charge in [-0.1, -0.05) is 59.6 Å². The van der Waals surface area contributed by atoms with Crippen molar-refractivity contribution in [3.8, 4) is 0 Å². The number of rotatable bonds is 6. The molecule has 0 saturated heterocycles. The lowest BCUT2D eigenvalue weighted by Gasteiger charge is -2.10. The summed E-state index contributed by atoms with van der Waals surface area (Å²) in [6.45, 7) is 0.784. The molecule has 0 fully saturated rings. The van der Waals surface area contributed by atoms with Crippen molar-refractivity contribution in [2.75, 3.05) is 17.2 Å². The van der Waals surface area contributed by atoms with Gasteiger partial charge in [0.15, 0.2) is 0 Å². The van der Waals surface area contributed by atoms with Gasteiger partial charge in [0.1, 0.15) is 5.69 Å². The maximum absolute atomic E-state index is 12.3. The van der Waals surface area contributed by atoms with E-state index in [1.54, 1.807) is 30.5 Å². The van der Waals surface area contributed by atoms with E-state index in [0.29, 0.717) is 15.7 Å². The van der Waals surface area contributed by atoms with Crippen molar-refractivity contribution in [3.05, 3.63) is 88.2 Å². The van der Waals surface area contributed by atoms with E-state index >= 15 is 0 Å². The normalized spacial score (nSPS) is 10.4. The fourth-order valence-electron chi connectivity index (χ4n) is 2.42. The molecular formula is C20H17Cl2N3O. The van der Waals surface area contributed by atoms with Crippen LogP contribution in [0.5, 0.6) is 0 Å². The minimum atomic E-state index is -0.365. The average Bonchev–Trinajstić information content (AvgIpc) is 2.66. The molecule has 0 aliphatic carbocycles. The van der Waals surface area contributed by atoms with E-state index in [2.05, 4.69) is 27.8 Å². The van der Waals surface area contributed by atoms with E-state index < -0.39 is 0 Å². The molecule has 0 radical (unpaired) electrons. The summed E-state index contributed by atoms with van der Waals surface area (Å²) >= 11 is 12.1.